The zero-order valence-electron chi connectivity index (χ0n) is 21.2. The molecule has 0 atom stereocenters. The standard InChI is InChI=1S/C21H30N12O3/c1-13(2)31-7-16(25-28-31)10-34-19-22-20(35-11-17-8-32(14(3)4)29-26-17)24-21(23-19)36-12-18-9-33(15(5)6)30-27-18/h7-9,13-15H,10-12H2,1-6H3. The van der Waals surface area contributed by atoms with Gasteiger partial charge < -0.3 is 14.2 Å². The van der Waals surface area contributed by atoms with Crippen molar-refractivity contribution in [3.8, 4) is 18.0 Å². The van der Waals surface area contributed by atoms with Crippen LogP contribution in [0.15, 0.2) is 18.6 Å². The van der Waals surface area contributed by atoms with Gasteiger partial charge in [0, 0.05) is 18.1 Å². The molecule has 4 rings (SSSR count). The molecular formula is C21H30N12O3. The maximum Gasteiger partial charge on any atom is 0.326 e. The molecule has 0 aromatic carbocycles. The summed E-state index contributed by atoms with van der Waals surface area (Å²) in [6.45, 7) is 12.4. The first-order valence-electron chi connectivity index (χ1n) is 11.6. The second-order valence-corrected chi connectivity index (χ2v) is 8.90. The second-order valence-electron chi connectivity index (χ2n) is 8.90. The van der Waals surface area contributed by atoms with Crippen LogP contribution in [-0.4, -0.2) is 59.9 Å². The molecule has 0 N–H and O–H groups in total. The fourth-order valence-electron chi connectivity index (χ4n) is 2.83. The van der Waals surface area contributed by atoms with Gasteiger partial charge in [0.1, 0.15) is 36.9 Å². The van der Waals surface area contributed by atoms with E-state index in [1.54, 1.807) is 32.6 Å². The highest BCUT2D eigenvalue weighted by Gasteiger charge is 2.14. The van der Waals surface area contributed by atoms with Crippen LogP contribution in [0.1, 0.15) is 76.7 Å². The molecule has 36 heavy (non-hydrogen) atoms. The van der Waals surface area contributed by atoms with Gasteiger partial charge in [0.2, 0.25) is 0 Å². The largest absolute Gasteiger partial charge is 0.457 e. The van der Waals surface area contributed by atoms with Crippen molar-refractivity contribution in [1.29, 1.82) is 0 Å². The van der Waals surface area contributed by atoms with Crippen LogP contribution in [0.3, 0.4) is 0 Å². The average Bonchev–Trinajstić information content (AvgIpc) is 3.61. The quantitative estimate of drug-likeness (QED) is 0.280. The normalized spacial score (nSPS) is 11.6. The smallest absolute Gasteiger partial charge is 0.326 e. The summed E-state index contributed by atoms with van der Waals surface area (Å²) in [6, 6.07) is 0.615. The Hall–Kier alpha value is -4.17. The van der Waals surface area contributed by atoms with Crippen LogP contribution in [0, 0.1) is 0 Å². The molecule has 0 bridgehead atoms. The summed E-state index contributed by atoms with van der Waals surface area (Å²) in [7, 11) is 0. The lowest BCUT2D eigenvalue weighted by molar-refractivity contribution is 0.219. The average molecular weight is 499 g/mol. The first kappa shape index (κ1) is 24.9. The van der Waals surface area contributed by atoms with Crippen molar-refractivity contribution >= 4 is 0 Å². The van der Waals surface area contributed by atoms with E-state index >= 15 is 0 Å². The van der Waals surface area contributed by atoms with E-state index in [9.17, 15) is 0 Å². The summed E-state index contributed by atoms with van der Waals surface area (Å²) in [5.74, 6) is 0. The van der Waals surface area contributed by atoms with Gasteiger partial charge in [-0.3, -0.25) is 0 Å². The fourth-order valence-corrected chi connectivity index (χ4v) is 2.83. The molecule has 0 aliphatic carbocycles. The lowest BCUT2D eigenvalue weighted by atomic mass is 10.4. The lowest BCUT2D eigenvalue weighted by Gasteiger charge is -2.08. The first-order valence-corrected chi connectivity index (χ1v) is 11.6. The van der Waals surface area contributed by atoms with Gasteiger partial charge in [-0.2, -0.15) is 0 Å². The van der Waals surface area contributed by atoms with E-state index in [0.717, 1.165) is 0 Å². The van der Waals surface area contributed by atoms with E-state index in [4.69, 9.17) is 14.2 Å². The van der Waals surface area contributed by atoms with Crippen molar-refractivity contribution < 1.29 is 14.2 Å². The van der Waals surface area contributed by atoms with Crippen molar-refractivity contribution in [3.05, 3.63) is 35.7 Å². The maximum atomic E-state index is 5.74. The molecule has 15 nitrogen and oxygen atoms in total. The minimum atomic E-state index is 0.0192. The summed E-state index contributed by atoms with van der Waals surface area (Å²) in [6.07, 6.45) is 5.41. The molecule has 0 amide bonds. The minimum Gasteiger partial charge on any atom is -0.457 e. The highest BCUT2D eigenvalue weighted by molar-refractivity contribution is 5.10. The molecular weight excluding hydrogens is 468 g/mol. The predicted octanol–water partition coefficient (Wildman–Crippen LogP) is 2.13. The Labute approximate surface area is 207 Å². The van der Waals surface area contributed by atoms with Crippen LogP contribution in [0.2, 0.25) is 0 Å². The Morgan fingerprint density at radius 2 is 0.806 bits per heavy atom. The number of ether oxygens (including phenoxy) is 3. The van der Waals surface area contributed by atoms with Crippen molar-refractivity contribution in [2.24, 2.45) is 0 Å². The van der Waals surface area contributed by atoms with Crippen molar-refractivity contribution in [3.63, 3.8) is 0 Å². The second kappa shape index (κ2) is 11.0. The van der Waals surface area contributed by atoms with Crippen molar-refractivity contribution in [1.82, 2.24) is 59.9 Å². The molecule has 0 saturated heterocycles. The number of hydrogen-bond acceptors (Lipinski definition) is 12. The molecule has 15 heteroatoms. The van der Waals surface area contributed by atoms with E-state index in [1.807, 2.05) is 41.5 Å². The van der Waals surface area contributed by atoms with Gasteiger partial charge in [0.15, 0.2) is 0 Å². The molecule has 0 unspecified atom stereocenters. The van der Waals surface area contributed by atoms with Gasteiger partial charge in [0.25, 0.3) is 0 Å². The van der Waals surface area contributed by atoms with Gasteiger partial charge in [-0.05, 0) is 41.5 Å². The van der Waals surface area contributed by atoms with Crippen molar-refractivity contribution in [2.75, 3.05) is 0 Å². The van der Waals surface area contributed by atoms with E-state index in [1.165, 1.54) is 0 Å². The third-order valence-corrected chi connectivity index (χ3v) is 4.88. The molecule has 0 spiro atoms. The van der Waals surface area contributed by atoms with Crippen LogP contribution in [-0.2, 0) is 19.8 Å². The Kier molecular flexibility index (Phi) is 7.65. The predicted molar refractivity (Wildman–Crippen MR) is 124 cm³/mol. The number of hydrogen-bond donors (Lipinski definition) is 0. The van der Waals surface area contributed by atoms with Crippen molar-refractivity contribution in [2.45, 2.75) is 79.5 Å². The molecule has 0 radical (unpaired) electrons. The summed E-state index contributed by atoms with van der Waals surface area (Å²) in [5.41, 5.74) is 1.89. The molecule has 4 heterocycles. The SMILES string of the molecule is CC(C)n1cc(COc2nc(OCc3cn(C(C)C)nn3)nc(OCc3cn(C(C)C)nn3)n2)nn1. The topological polar surface area (TPSA) is 158 Å². The first-order chi connectivity index (χ1) is 17.3. The van der Waals surface area contributed by atoms with Crippen LogP contribution in [0.4, 0.5) is 0 Å². The highest BCUT2D eigenvalue weighted by Crippen LogP contribution is 2.18. The molecule has 0 aliphatic heterocycles. The maximum absolute atomic E-state index is 5.74. The van der Waals surface area contributed by atoms with Crippen LogP contribution < -0.4 is 14.2 Å². The van der Waals surface area contributed by atoms with Gasteiger partial charge in [-0.1, -0.05) is 15.6 Å². The molecule has 192 valence electrons. The molecule has 4 aromatic heterocycles. The summed E-state index contributed by atoms with van der Waals surface area (Å²) >= 11 is 0. The molecule has 0 aliphatic rings. The van der Waals surface area contributed by atoms with Gasteiger partial charge in [-0.15, -0.1) is 30.2 Å². The Balaban J connectivity index is 1.47. The number of aromatic nitrogens is 12. The van der Waals surface area contributed by atoms with E-state index in [0.29, 0.717) is 17.1 Å². The van der Waals surface area contributed by atoms with Crippen LogP contribution >= 0.6 is 0 Å². The lowest BCUT2D eigenvalue weighted by Crippen LogP contribution is -2.08. The Morgan fingerprint density at radius 3 is 1.03 bits per heavy atom. The third kappa shape index (κ3) is 6.49. The molecule has 4 aromatic rings. The van der Waals surface area contributed by atoms with Crippen LogP contribution in [0.5, 0.6) is 18.0 Å². The fraction of sp³-hybridized carbons (Fsp3) is 0.571. The van der Waals surface area contributed by atoms with E-state index in [-0.39, 0.29) is 56.0 Å². The minimum absolute atomic E-state index is 0.0192. The van der Waals surface area contributed by atoms with Gasteiger partial charge >= 0.3 is 18.0 Å². The molecule has 0 saturated carbocycles. The van der Waals surface area contributed by atoms with Crippen LogP contribution in [0.25, 0.3) is 0 Å². The monoisotopic (exact) mass is 498 g/mol. The number of rotatable bonds is 12. The third-order valence-electron chi connectivity index (χ3n) is 4.88. The van der Waals surface area contributed by atoms with E-state index in [2.05, 4.69) is 45.9 Å². The zero-order chi connectivity index (χ0) is 25.7. The van der Waals surface area contributed by atoms with Gasteiger partial charge in [0.05, 0.1) is 18.6 Å². The summed E-state index contributed by atoms with van der Waals surface area (Å²) in [5, 5.41) is 24.5. The number of nitrogens with zero attached hydrogens (tertiary/aromatic N) is 12. The van der Waals surface area contributed by atoms with E-state index < -0.39 is 0 Å². The molecule has 0 fully saturated rings. The summed E-state index contributed by atoms with van der Waals surface area (Å²) in [4.78, 5) is 12.7. The zero-order valence-corrected chi connectivity index (χ0v) is 21.2. The Bertz CT molecular complexity index is 1100. The highest BCUT2D eigenvalue weighted by atomic mass is 16.5. The van der Waals surface area contributed by atoms with Gasteiger partial charge in [-0.25, -0.2) is 14.0 Å². The Morgan fingerprint density at radius 1 is 0.528 bits per heavy atom. The summed E-state index contributed by atoms with van der Waals surface area (Å²) < 4.78 is 22.4.